The number of benzene rings is 1. The van der Waals surface area contributed by atoms with Gasteiger partial charge in [-0.25, -0.2) is 4.79 Å². The maximum Gasteiger partial charge on any atom is 0.341 e. The summed E-state index contributed by atoms with van der Waals surface area (Å²) in [5.74, 6) is -1.31. The van der Waals surface area contributed by atoms with E-state index in [4.69, 9.17) is 26.6 Å². The number of carboxylic acids is 2. The molecule has 0 amide bonds. The molecule has 132 valence electrons. The van der Waals surface area contributed by atoms with Gasteiger partial charge in [-0.1, -0.05) is 18.0 Å². The van der Waals surface area contributed by atoms with E-state index in [0.29, 0.717) is 23.7 Å². The number of carboxylic acid groups (broad SMARTS) is 2. The predicted molar refractivity (Wildman–Crippen MR) is 89.5 cm³/mol. The number of aliphatic carboxylic acids is 2. The summed E-state index contributed by atoms with van der Waals surface area (Å²) in [6, 6.07) is 5.33. The molecule has 2 N–H and O–H groups in total. The summed E-state index contributed by atoms with van der Waals surface area (Å²) in [7, 11) is 0. The van der Waals surface area contributed by atoms with Crippen LogP contribution in [0.3, 0.4) is 0 Å². The summed E-state index contributed by atoms with van der Waals surface area (Å²) < 4.78 is 5.35. The second-order valence-electron chi connectivity index (χ2n) is 5.99. The maximum atomic E-state index is 10.8. The SMILES string of the molecule is O=C(O)CCC1CCCCN1Cc1cc(Cl)ccc1OCC(=O)O. The summed E-state index contributed by atoms with van der Waals surface area (Å²) in [6.07, 6.45) is 3.90. The molecule has 1 saturated heterocycles. The average Bonchev–Trinajstić information content (AvgIpc) is 2.53. The van der Waals surface area contributed by atoms with E-state index in [-0.39, 0.29) is 12.5 Å². The lowest BCUT2D eigenvalue weighted by molar-refractivity contribution is -0.139. The first-order valence-electron chi connectivity index (χ1n) is 8.04. The van der Waals surface area contributed by atoms with Gasteiger partial charge in [-0.05, 0) is 44.0 Å². The van der Waals surface area contributed by atoms with Gasteiger partial charge < -0.3 is 14.9 Å². The molecule has 0 radical (unpaired) electrons. The third-order valence-corrected chi connectivity index (χ3v) is 4.42. The molecular formula is C17H22ClNO5. The summed E-state index contributed by atoms with van der Waals surface area (Å²) in [5, 5.41) is 18.3. The van der Waals surface area contributed by atoms with Gasteiger partial charge in [-0.2, -0.15) is 0 Å². The molecular weight excluding hydrogens is 334 g/mol. The van der Waals surface area contributed by atoms with Crippen LogP contribution in [0.1, 0.15) is 37.7 Å². The highest BCUT2D eigenvalue weighted by Gasteiger charge is 2.24. The molecule has 6 nitrogen and oxygen atoms in total. The normalized spacial score (nSPS) is 18.3. The van der Waals surface area contributed by atoms with Gasteiger partial charge in [0.25, 0.3) is 0 Å². The Morgan fingerprint density at radius 3 is 2.75 bits per heavy atom. The number of hydrogen-bond donors (Lipinski definition) is 2. The summed E-state index contributed by atoms with van der Waals surface area (Å²) in [6.45, 7) is 1.05. The van der Waals surface area contributed by atoms with Crippen molar-refractivity contribution in [3.63, 3.8) is 0 Å². The van der Waals surface area contributed by atoms with Crippen molar-refractivity contribution in [2.45, 2.75) is 44.7 Å². The molecule has 2 rings (SSSR count). The van der Waals surface area contributed by atoms with Gasteiger partial charge in [0, 0.05) is 29.6 Å². The van der Waals surface area contributed by atoms with Gasteiger partial charge >= 0.3 is 11.9 Å². The molecule has 7 heteroatoms. The molecule has 1 aromatic carbocycles. The second kappa shape index (κ2) is 8.89. The third kappa shape index (κ3) is 5.69. The van der Waals surface area contributed by atoms with Gasteiger partial charge in [-0.15, -0.1) is 0 Å². The maximum absolute atomic E-state index is 10.8. The zero-order chi connectivity index (χ0) is 17.5. The zero-order valence-electron chi connectivity index (χ0n) is 13.4. The van der Waals surface area contributed by atoms with Crippen molar-refractivity contribution in [3.8, 4) is 5.75 Å². The van der Waals surface area contributed by atoms with E-state index < -0.39 is 18.5 Å². The lowest BCUT2D eigenvalue weighted by Crippen LogP contribution is -2.39. The fourth-order valence-corrected chi connectivity index (χ4v) is 3.25. The Labute approximate surface area is 146 Å². The largest absolute Gasteiger partial charge is 0.482 e. The zero-order valence-corrected chi connectivity index (χ0v) is 14.2. The smallest absolute Gasteiger partial charge is 0.341 e. The van der Waals surface area contributed by atoms with E-state index in [2.05, 4.69) is 4.90 Å². The highest BCUT2D eigenvalue weighted by Crippen LogP contribution is 2.28. The van der Waals surface area contributed by atoms with Crippen LogP contribution in [0.25, 0.3) is 0 Å². The Bertz CT molecular complexity index is 592. The van der Waals surface area contributed by atoms with Gasteiger partial charge in [-0.3, -0.25) is 9.69 Å². The first-order chi connectivity index (χ1) is 11.5. The third-order valence-electron chi connectivity index (χ3n) is 4.19. The van der Waals surface area contributed by atoms with E-state index in [1.807, 2.05) is 0 Å². The van der Waals surface area contributed by atoms with Crippen LogP contribution in [0.15, 0.2) is 18.2 Å². The monoisotopic (exact) mass is 355 g/mol. The van der Waals surface area contributed by atoms with Crippen molar-refractivity contribution in [1.29, 1.82) is 0 Å². The molecule has 1 atom stereocenters. The van der Waals surface area contributed by atoms with Gasteiger partial charge in [0.2, 0.25) is 0 Å². The topological polar surface area (TPSA) is 87.1 Å². The van der Waals surface area contributed by atoms with Crippen LogP contribution in [-0.4, -0.2) is 46.2 Å². The molecule has 1 unspecified atom stereocenters. The molecule has 0 spiro atoms. The molecule has 1 fully saturated rings. The summed E-state index contributed by atoms with van der Waals surface area (Å²) in [4.78, 5) is 23.8. The Hall–Kier alpha value is -1.79. The molecule has 1 heterocycles. The Morgan fingerprint density at radius 2 is 2.04 bits per heavy atom. The number of nitrogens with zero attached hydrogens (tertiary/aromatic N) is 1. The molecule has 0 aromatic heterocycles. The van der Waals surface area contributed by atoms with E-state index >= 15 is 0 Å². The fraction of sp³-hybridized carbons (Fsp3) is 0.529. The van der Waals surface area contributed by atoms with Gasteiger partial charge in [0.1, 0.15) is 5.75 Å². The highest BCUT2D eigenvalue weighted by atomic mass is 35.5. The van der Waals surface area contributed by atoms with E-state index in [1.54, 1.807) is 18.2 Å². The van der Waals surface area contributed by atoms with E-state index in [9.17, 15) is 9.59 Å². The number of carbonyl (C=O) groups is 2. The van der Waals surface area contributed by atoms with Crippen LogP contribution < -0.4 is 4.74 Å². The van der Waals surface area contributed by atoms with E-state index in [0.717, 1.165) is 31.4 Å². The minimum atomic E-state index is -1.03. The highest BCUT2D eigenvalue weighted by molar-refractivity contribution is 6.30. The molecule has 0 bridgehead atoms. The van der Waals surface area contributed by atoms with Crippen molar-refractivity contribution in [2.75, 3.05) is 13.2 Å². The van der Waals surface area contributed by atoms with Gasteiger partial charge in [0.05, 0.1) is 0 Å². The van der Waals surface area contributed by atoms with Crippen molar-refractivity contribution < 1.29 is 24.5 Å². The first kappa shape index (κ1) is 18.5. The van der Waals surface area contributed by atoms with Crippen LogP contribution in [-0.2, 0) is 16.1 Å². The van der Waals surface area contributed by atoms with Crippen molar-refractivity contribution >= 4 is 23.5 Å². The molecule has 0 saturated carbocycles. The standard InChI is InChI=1S/C17H22ClNO5/c18-13-4-6-15(24-11-17(22)23)12(9-13)10-19-8-2-1-3-14(19)5-7-16(20)21/h4,6,9,14H,1-3,5,7-8,10-11H2,(H,20,21)(H,22,23). The number of ether oxygens (including phenoxy) is 1. The van der Waals surface area contributed by atoms with Crippen molar-refractivity contribution in [3.05, 3.63) is 28.8 Å². The molecule has 1 aliphatic heterocycles. The predicted octanol–water partition coefficient (Wildman–Crippen LogP) is 3.02. The second-order valence-corrected chi connectivity index (χ2v) is 6.42. The minimum absolute atomic E-state index is 0.152. The molecule has 0 aliphatic carbocycles. The molecule has 24 heavy (non-hydrogen) atoms. The Balaban J connectivity index is 2.10. The number of likely N-dealkylation sites (tertiary alicyclic amines) is 1. The van der Waals surface area contributed by atoms with Crippen LogP contribution >= 0.6 is 11.6 Å². The van der Waals surface area contributed by atoms with Crippen LogP contribution in [0.2, 0.25) is 5.02 Å². The van der Waals surface area contributed by atoms with Crippen LogP contribution in [0, 0.1) is 0 Å². The quantitative estimate of drug-likeness (QED) is 0.745. The molecule has 1 aromatic rings. The van der Waals surface area contributed by atoms with Crippen molar-refractivity contribution in [2.24, 2.45) is 0 Å². The fourth-order valence-electron chi connectivity index (χ4n) is 3.06. The minimum Gasteiger partial charge on any atom is -0.482 e. The number of rotatable bonds is 8. The lowest BCUT2D eigenvalue weighted by atomic mass is 9.97. The number of hydrogen-bond acceptors (Lipinski definition) is 4. The first-order valence-corrected chi connectivity index (χ1v) is 8.42. The van der Waals surface area contributed by atoms with E-state index in [1.165, 1.54) is 0 Å². The summed E-state index contributed by atoms with van der Waals surface area (Å²) in [5.41, 5.74) is 0.825. The Morgan fingerprint density at radius 1 is 1.25 bits per heavy atom. The van der Waals surface area contributed by atoms with Crippen LogP contribution in [0.4, 0.5) is 0 Å². The Kier molecular flexibility index (Phi) is 6.87. The average molecular weight is 356 g/mol. The number of piperidine rings is 1. The number of halogens is 1. The lowest BCUT2D eigenvalue weighted by Gasteiger charge is -2.36. The van der Waals surface area contributed by atoms with Crippen LogP contribution in [0.5, 0.6) is 5.75 Å². The van der Waals surface area contributed by atoms with Crippen molar-refractivity contribution in [1.82, 2.24) is 4.90 Å². The summed E-state index contributed by atoms with van der Waals surface area (Å²) >= 11 is 6.07. The van der Waals surface area contributed by atoms with Gasteiger partial charge in [0.15, 0.2) is 6.61 Å². The molecule has 1 aliphatic rings.